The van der Waals surface area contributed by atoms with Gasteiger partial charge in [0.15, 0.2) is 0 Å². The quantitative estimate of drug-likeness (QED) is 0.272. The third-order valence-corrected chi connectivity index (χ3v) is 5.71. The number of benzene rings is 2. The van der Waals surface area contributed by atoms with Crippen molar-refractivity contribution >= 4 is 30.1 Å². The molecule has 0 saturated heterocycles. The highest BCUT2D eigenvalue weighted by molar-refractivity contribution is 5.93. The second-order valence-corrected chi connectivity index (χ2v) is 9.75. The van der Waals surface area contributed by atoms with Gasteiger partial charge in [0, 0.05) is 5.92 Å². The maximum atomic E-state index is 12.7. The number of nitrogens with one attached hydrogen (secondary N) is 2. The molecule has 2 aromatic rings. The van der Waals surface area contributed by atoms with Gasteiger partial charge in [0.2, 0.25) is 5.91 Å². The van der Waals surface area contributed by atoms with Gasteiger partial charge in [0.05, 0.1) is 13.0 Å². The molecule has 1 aliphatic rings. The number of alkyl carbamates (subject to hydrolysis) is 1. The molecule has 0 aliphatic heterocycles. The molecule has 3 rings (SSSR count). The number of hydrogen-bond donors (Lipinski definition) is 4. The average Bonchev–Trinajstić information content (AvgIpc) is 3.17. The zero-order valence-corrected chi connectivity index (χ0v) is 21.6. The second-order valence-electron chi connectivity index (χ2n) is 9.75. The Morgan fingerprint density at radius 1 is 0.897 bits per heavy atom. The molecule has 39 heavy (non-hydrogen) atoms. The topological polar surface area (TPSA) is 178 Å². The van der Waals surface area contributed by atoms with Gasteiger partial charge in [-0.15, -0.1) is 0 Å². The van der Waals surface area contributed by atoms with Crippen molar-refractivity contribution in [1.82, 2.24) is 10.6 Å². The summed E-state index contributed by atoms with van der Waals surface area (Å²) in [5, 5.41) is 22.6. The first-order chi connectivity index (χ1) is 18.4. The third-order valence-electron chi connectivity index (χ3n) is 5.71. The molecule has 2 amide bonds. The van der Waals surface area contributed by atoms with Crippen LogP contribution < -0.4 is 10.6 Å². The molecule has 4 N–H and O–H groups in total. The number of amides is 2. The van der Waals surface area contributed by atoms with Crippen LogP contribution in [0.5, 0.6) is 0 Å². The predicted molar refractivity (Wildman–Crippen MR) is 136 cm³/mol. The molecule has 0 unspecified atom stereocenters. The molecule has 12 heteroatoms. The van der Waals surface area contributed by atoms with Crippen LogP contribution in [0.1, 0.15) is 44.2 Å². The Morgan fingerprint density at radius 2 is 1.46 bits per heavy atom. The normalized spacial score (nSPS) is 13.7. The van der Waals surface area contributed by atoms with Crippen LogP contribution in [0.15, 0.2) is 48.5 Å². The Balaban J connectivity index is 1.69. The van der Waals surface area contributed by atoms with Crippen LogP contribution in [0.25, 0.3) is 11.1 Å². The van der Waals surface area contributed by atoms with E-state index in [1.807, 2.05) is 53.8 Å². The number of esters is 1. The summed E-state index contributed by atoms with van der Waals surface area (Å²) in [5.74, 6) is -4.16. The monoisotopic (exact) mass is 542 g/mol. The fourth-order valence-electron chi connectivity index (χ4n) is 4.02. The molecule has 0 radical (unpaired) electrons. The van der Waals surface area contributed by atoms with Crippen LogP contribution >= 0.6 is 0 Å². The number of fused-ring (bicyclic) bond motifs is 3. The molecule has 1 aliphatic carbocycles. The summed E-state index contributed by atoms with van der Waals surface area (Å²) in [6.45, 7) is 3.61. The van der Waals surface area contributed by atoms with Crippen molar-refractivity contribution in [3.05, 3.63) is 59.7 Å². The Bertz CT molecular complexity index is 1210. The van der Waals surface area contributed by atoms with E-state index in [-0.39, 0.29) is 12.5 Å². The Labute approximate surface area is 224 Å². The molecule has 0 aromatic heterocycles. The predicted octanol–water partition coefficient (Wildman–Crippen LogP) is 2.32. The molecule has 12 nitrogen and oxygen atoms in total. The third kappa shape index (κ3) is 7.77. The van der Waals surface area contributed by atoms with Crippen molar-refractivity contribution in [2.45, 2.75) is 50.8 Å². The highest BCUT2D eigenvalue weighted by Gasteiger charge is 2.32. The maximum Gasteiger partial charge on any atom is 0.516 e. The van der Waals surface area contributed by atoms with Gasteiger partial charge < -0.3 is 35.1 Å². The van der Waals surface area contributed by atoms with E-state index in [1.54, 1.807) is 20.8 Å². The first kappa shape index (κ1) is 29.1. The Kier molecular flexibility index (Phi) is 9.25. The number of aliphatic hydroxyl groups excluding tert-OH is 1. The minimum Gasteiger partial charge on any atom is -0.480 e. The standard InChI is InChI=1S/C27H30N2O10/c1-27(2,3)39-26(36)38-22(31)12-20(23(32)28-21(13-30)24(33)34)29-25(35)37-14-19-17-10-6-4-8-15(17)16-9-5-7-11-18(16)19/h4-11,19-21,30H,12-14H2,1-3H3,(H,28,32)(H,29,35)(H,33,34)/t20-,21-/m0/s1. The van der Waals surface area contributed by atoms with Gasteiger partial charge >= 0.3 is 24.2 Å². The highest BCUT2D eigenvalue weighted by atomic mass is 16.7. The van der Waals surface area contributed by atoms with Gasteiger partial charge in [-0.1, -0.05) is 48.5 Å². The summed E-state index contributed by atoms with van der Waals surface area (Å²) in [7, 11) is 0. The van der Waals surface area contributed by atoms with Gasteiger partial charge in [-0.05, 0) is 43.0 Å². The van der Waals surface area contributed by atoms with E-state index < -0.39 is 60.8 Å². The largest absolute Gasteiger partial charge is 0.516 e. The molecule has 0 saturated carbocycles. The second kappa shape index (κ2) is 12.4. The van der Waals surface area contributed by atoms with Crippen LogP contribution in [-0.2, 0) is 28.6 Å². The van der Waals surface area contributed by atoms with Gasteiger partial charge in [0.1, 0.15) is 24.3 Å². The number of rotatable bonds is 9. The Hall–Kier alpha value is -4.45. The fraction of sp³-hybridized carbons (Fsp3) is 0.370. The zero-order chi connectivity index (χ0) is 28.7. The van der Waals surface area contributed by atoms with E-state index in [0.717, 1.165) is 22.3 Å². The van der Waals surface area contributed by atoms with E-state index in [4.69, 9.17) is 14.6 Å². The van der Waals surface area contributed by atoms with Crippen LogP contribution in [0.4, 0.5) is 9.59 Å². The van der Waals surface area contributed by atoms with Crippen molar-refractivity contribution in [1.29, 1.82) is 0 Å². The average molecular weight is 543 g/mol. The molecular weight excluding hydrogens is 512 g/mol. The van der Waals surface area contributed by atoms with Crippen molar-refractivity contribution < 1.29 is 48.4 Å². The molecule has 208 valence electrons. The van der Waals surface area contributed by atoms with Gasteiger partial charge in [-0.2, -0.15) is 0 Å². The van der Waals surface area contributed by atoms with Crippen LogP contribution in [-0.4, -0.2) is 71.2 Å². The first-order valence-electron chi connectivity index (χ1n) is 12.1. The van der Waals surface area contributed by atoms with Crippen molar-refractivity contribution in [3.8, 4) is 11.1 Å². The zero-order valence-electron chi connectivity index (χ0n) is 21.6. The van der Waals surface area contributed by atoms with E-state index in [1.165, 1.54) is 0 Å². The Morgan fingerprint density at radius 3 is 1.97 bits per heavy atom. The summed E-state index contributed by atoms with van der Waals surface area (Å²) in [6.07, 6.45) is -3.24. The summed E-state index contributed by atoms with van der Waals surface area (Å²) in [6, 6.07) is 11.9. The number of carbonyl (C=O) groups excluding carboxylic acids is 4. The molecule has 0 bridgehead atoms. The summed E-state index contributed by atoms with van der Waals surface area (Å²) < 4.78 is 14.8. The molecular formula is C27H30N2O10. The van der Waals surface area contributed by atoms with E-state index in [2.05, 4.69) is 10.1 Å². The van der Waals surface area contributed by atoms with E-state index in [9.17, 15) is 29.1 Å². The van der Waals surface area contributed by atoms with Crippen molar-refractivity contribution in [3.63, 3.8) is 0 Å². The number of hydrogen-bond acceptors (Lipinski definition) is 9. The first-order valence-corrected chi connectivity index (χ1v) is 12.1. The molecule has 2 atom stereocenters. The number of ether oxygens (including phenoxy) is 3. The maximum absolute atomic E-state index is 12.7. The lowest BCUT2D eigenvalue weighted by atomic mass is 9.98. The number of aliphatic hydroxyl groups is 1. The lowest BCUT2D eigenvalue weighted by Crippen LogP contribution is -2.53. The lowest BCUT2D eigenvalue weighted by Gasteiger charge is -2.21. The molecule has 0 spiro atoms. The SMILES string of the molecule is CC(C)(C)OC(=O)OC(=O)C[C@H](NC(=O)OCC1c2ccccc2-c2ccccc21)C(=O)N[C@@H](CO)C(=O)O. The summed E-state index contributed by atoms with van der Waals surface area (Å²) in [4.78, 5) is 60.8. The van der Waals surface area contributed by atoms with Crippen LogP contribution in [0.2, 0.25) is 0 Å². The number of aliphatic carboxylic acids is 1. The molecule has 0 heterocycles. The highest BCUT2D eigenvalue weighted by Crippen LogP contribution is 2.44. The number of carbonyl (C=O) groups is 5. The van der Waals surface area contributed by atoms with Crippen molar-refractivity contribution in [2.75, 3.05) is 13.2 Å². The van der Waals surface area contributed by atoms with Gasteiger partial charge in [0.25, 0.3) is 0 Å². The fourth-order valence-corrected chi connectivity index (χ4v) is 4.02. The van der Waals surface area contributed by atoms with Gasteiger partial charge in [-0.3, -0.25) is 9.59 Å². The summed E-state index contributed by atoms with van der Waals surface area (Å²) >= 11 is 0. The van der Waals surface area contributed by atoms with E-state index in [0.29, 0.717) is 0 Å². The van der Waals surface area contributed by atoms with E-state index >= 15 is 0 Å². The number of carboxylic acid groups (broad SMARTS) is 1. The lowest BCUT2D eigenvalue weighted by molar-refractivity contribution is -0.145. The molecule has 2 aromatic carbocycles. The number of carboxylic acids is 1. The van der Waals surface area contributed by atoms with Crippen molar-refractivity contribution in [2.24, 2.45) is 0 Å². The minimum absolute atomic E-state index is 0.0923. The van der Waals surface area contributed by atoms with Crippen LogP contribution in [0.3, 0.4) is 0 Å². The minimum atomic E-state index is -1.70. The van der Waals surface area contributed by atoms with Crippen LogP contribution in [0, 0.1) is 0 Å². The summed E-state index contributed by atoms with van der Waals surface area (Å²) in [5.41, 5.74) is 2.97. The smallest absolute Gasteiger partial charge is 0.480 e. The molecule has 0 fully saturated rings. The van der Waals surface area contributed by atoms with Gasteiger partial charge in [-0.25, -0.2) is 14.4 Å².